The number of aromatic nitrogens is 2. The van der Waals surface area contributed by atoms with Gasteiger partial charge in [-0.3, -0.25) is 4.79 Å². The maximum absolute atomic E-state index is 12.1. The lowest BCUT2D eigenvalue weighted by Crippen LogP contribution is -2.14. The Morgan fingerprint density at radius 2 is 1.68 bits per heavy atom. The molecule has 3 aromatic carbocycles. The zero-order valence-corrected chi connectivity index (χ0v) is 17.2. The molecule has 0 saturated carbocycles. The van der Waals surface area contributed by atoms with Gasteiger partial charge in [0.05, 0.1) is 11.4 Å². The highest BCUT2D eigenvalue weighted by atomic mass is 79.9. The van der Waals surface area contributed by atoms with Crippen LogP contribution in [0.3, 0.4) is 0 Å². The van der Waals surface area contributed by atoms with Crippen LogP contribution in [0.2, 0.25) is 0 Å². The number of rotatable bonds is 5. The van der Waals surface area contributed by atoms with Crippen molar-refractivity contribution in [2.45, 2.75) is 5.03 Å². The van der Waals surface area contributed by atoms with Crippen molar-refractivity contribution in [3.8, 4) is 11.3 Å². The van der Waals surface area contributed by atoms with E-state index in [2.05, 4.69) is 55.7 Å². The van der Waals surface area contributed by atoms with Gasteiger partial charge in [-0.05, 0) is 53.2 Å². The molecule has 0 spiro atoms. The summed E-state index contributed by atoms with van der Waals surface area (Å²) in [6.45, 7) is 0. The summed E-state index contributed by atoms with van der Waals surface area (Å²) in [6, 6.07) is 25.8. The highest BCUT2D eigenvalue weighted by Crippen LogP contribution is 2.24. The number of thioether (sulfide) groups is 1. The van der Waals surface area contributed by atoms with Gasteiger partial charge in [-0.25, -0.2) is 0 Å². The molecule has 1 heterocycles. The summed E-state index contributed by atoms with van der Waals surface area (Å²) in [5, 5.41) is 14.5. The number of benzene rings is 3. The Labute approximate surface area is 175 Å². The van der Waals surface area contributed by atoms with Gasteiger partial charge in [-0.15, -0.1) is 10.2 Å². The van der Waals surface area contributed by atoms with Crippen LogP contribution >= 0.6 is 27.7 Å². The van der Waals surface area contributed by atoms with Gasteiger partial charge in [0.1, 0.15) is 5.03 Å². The topological polar surface area (TPSA) is 54.9 Å². The second-order valence-corrected chi connectivity index (χ2v) is 8.07. The van der Waals surface area contributed by atoms with E-state index in [4.69, 9.17) is 0 Å². The number of carbonyl (C=O) groups excluding carboxylic acids is 1. The van der Waals surface area contributed by atoms with Crippen molar-refractivity contribution in [1.29, 1.82) is 0 Å². The number of nitrogens with zero attached hydrogens (tertiary/aromatic N) is 2. The molecule has 0 aliphatic rings. The molecule has 138 valence electrons. The molecular weight excluding hydrogens is 434 g/mol. The number of hydrogen-bond donors (Lipinski definition) is 1. The van der Waals surface area contributed by atoms with E-state index in [1.54, 1.807) is 0 Å². The van der Waals surface area contributed by atoms with Gasteiger partial charge in [0, 0.05) is 15.7 Å². The number of hydrogen-bond acceptors (Lipinski definition) is 4. The van der Waals surface area contributed by atoms with Gasteiger partial charge in [0.15, 0.2) is 0 Å². The summed E-state index contributed by atoms with van der Waals surface area (Å²) >= 11 is 4.74. The zero-order chi connectivity index (χ0) is 19.3. The summed E-state index contributed by atoms with van der Waals surface area (Å²) in [6.07, 6.45) is 0. The first kappa shape index (κ1) is 18.7. The second kappa shape index (κ2) is 8.54. The summed E-state index contributed by atoms with van der Waals surface area (Å²) in [4.78, 5) is 12.1. The van der Waals surface area contributed by atoms with E-state index in [0.717, 1.165) is 26.4 Å². The van der Waals surface area contributed by atoms with Gasteiger partial charge in [-0.1, -0.05) is 64.1 Å². The Balaban J connectivity index is 1.38. The van der Waals surface area contributed by atoms with Crippen molar-refractivity contribution in [3.05, 3.63) is 83.3 Å². The average Bonchev–Trinajstić information content (AvgIpc) is 2.74. The first-order chi connectivity index (χ1) is 13.7. The molecule has 0 saturated heterocycles. The molecule has 0 unspecified atom stereocenters. The Bertz CT molecular complexity index is 1110. The summed E-state index contributed by atoms with van der Waals surface area (Å²) in [5.41, 5.74) is 2.61. The Hall–Kier alpha value is -2.70. The van der Waals surface area contributed by atoms with Crippen molar-refractivity contribution < 1.29 is 4.79 Å². The molecule has 4 rings (SSSR count). The van der Waals surface area contributed by atoms with Crippen LogP contribution in [-0.4, -0.2) is 21.9 Å². The SMILES string of the molecule is O=C(CSc1ccc(-c2ccc3ccccc3c2)nn1)Nc1ccc(Br)cc1. The number of amides is 1. The van der Waals surface area contributed by atoms with Crippen LogP contribution in [0.4, 0.5) is 5.69 Å². The zero-order valence-electron chi connectivity index (χ0n) is 14.8. The number of nitrogens with one attached hydrogen (secondary N) is 1. The molecule has 1 N–H and O–H groups in total. The molecule has 1 aromatic heterocycles. The van der Waals surface area contributed by atoms with Crippen LogP contribution in [0.25, 0.3) is 22.0 Å². The lowest BCUT2D eigenvalue weighted by molar-refractivity contribution is -0.113. The largest absolute Gasteiger partial charge is 0.325 e. The van der Waals surface area contributed by atoms with Crippen LogP contribution in [0, 0.1) is 0 Å². The minimum atomic E-state index is -0.0762. The first-order valence-electron chi connectivity index (χ1n) is 8.68. The van der Waals surface area contributed by atoms with Crippen molar-refractivity contribution in [1.82, 2.24) is 10.2 Å². The fraction of sp³-hybridized carbons (Fsp3) is 0.0455. The van der Waals surface area contributed by atoms with Crippen LogP contribution < -0.4 is 5.32 Å². The monoisotopic (exact) mass is 449 g/mol. The molecule has 4 nitrogen and oxygen atoms in total. The van der Waals surface area contributed by atoms with Crippen molar-refractivity contribution in [3.63, 3.8) is 0 Å². The third-order valence-corrected chi connectivity index (χ3v) is 5.61. The van der Waals surface area contributed by atoms with E-state index in [-0.39, 0.29) is 11.7 Å². The number of fused-ring (bicyclic) bond motifs is 1. The average molecular weight is 450 g/mol. The Kier molecular flexibility index (Phi) is 5.69. The van der Waals surface area contributed by atoms with E-state index in [9.17, 15) is 4.79 Å². The molecule has 0 aliphatic heterocycles. The lowest BCUT2D eigenvalue weighted by atomic mass is 10.1. The number of carbonyl (C=O) groups is 1. The number of anilines is 1. The molecule has 1 amide bonds. The van der Waals surface area contributed by atoms with Gasteiger partial charge in [-0.2, -0.15) is 0 Å². The fourth-order valence-corrected chi connectivity index (χ4v) is 3.65. The second-order valence-electron chi connectivity index (χ2n) is 6.16. The molecule has 0 aliphatic carbocycles. The van der Waals surface area contributed by atoms with E-state index < -0.39 is 0 Å². The third kappa shape index (κ3) is 4.58. The third-order valence-electron chi connectivity index (χ3n) is 4.16. The van der Waals surface area contributed by atoms with Crippen LogP contribution in [0.1, 0.15) is 0 Å². The Morgan fingerprint density at radius 1 is 0.893 bits per heavy atom. The highest BCUT2D eigenvalue weighted by Gasteiger charge is 2.07. The van der Waals surface area contributed by atoms with E-state index in [0.29, 0.717) is 0 Å². The highest BCUT2D eigenvalue weighted by molar-refractivity contribution is 9.10. The minimum absolute atomic E-state index is 0.0762. The first-order valence-corrected chi connectivity index (χ1v) is 10.5. The Morgan fingerprint density at radius 3 is 2.43 bits per heavy atom. The van der Waals surface area contributed by atoms with Crippen molar-refractivity contribution in [2.75, 3.05) is 11.1 Å². The molecular formula is C22H16BrN3OS. The summed E-state index contributed by atoms with van der Waals surface area (Å²) in [5.74, 6) is 0.202. The predicted octanol–water partition coefficient (Wildman–Crippen LogP) is 5.79. The van der Waals surface area contributed by atoms with E-state index in [1.807, 2.05) is 54.6 Å². The number of halogens is 1. The van der Waals surface area contributed by atoms with Gasteiger partial charge in [0.2, 0.25) is 5.91 Å². The van der Waals surface area contributed by atoms with Crippen LogP contribution in [0.5, 0.6) is 0 Å². The predicted molar refractivity (Wildman–Crippen MR) is 118 cm³/mol. The fourth-order valence-electron chi connectivity index (χ4n) is 2.77. The quantitative estimate of drug-likeness (QED) is 0.391. The molecule has 0 atom stereocenters. The van der Waals surface area contributed by atoms with Crippen LogP contribution in [0.15, 0.2) is 88.4 Å². The van der Waals surface area contributed by atoms with Gasteiger partial charge in [0.25, 0.3) is 0 Å². The molecule has 28 heavy (non-hydrogen) atoms. The molecule has 0 bridgehead atoms. The molecule has 0 fully saturated rings. The van der Waals surface area contributed by atoms with Crippen LogP contribution in [-0.2, 0) is 4.79 Å². The minimum Gasteiger partial charge on any atom is -0.325 e. The van der Waals surface area contributed by atoms with Gasteiger partial charge < -0.3 is 5.32 Å². The van der Waals surface area contributed by atoms with Crippen molar-refractivity contribution in [2.24, 2.45) is 0 Å². The molecule has 4 aromatic rings. The van der Waals surface area contributed by atoms with E-state index >= 15 is 0 Å². The molecule has 0 radical (unpaired) electrons. The molecule has 6 heteroatoms. The maximum atomic E-state index is 12.1. The summed E-state index contributed by atoms with van der Waals surface area (Å²) < 4.78 is 0.974. The normalized spacial score (nSPS) is 10.8. The van der Waals surface area contributed by atoms with Crippen molar-refractivity contribution >= 4 is 50.1 Å². The standard InChI is InChI=1S/C22H16BrN3OS/c23-18-7-9-19(10-8-18)24-21(27)14-28-22-12-11-20(25-26-22)17-6-5-15-3-1-2-4-16(15)13-17/h1-13H,14H2,(H,24,27). The summed E-state index contributed by atoms with van der Waals surface area (Å²) in [7, 11) is 0. The van der Waals surface area contributed by atoms with Gasteiger partial charge >= 0.3 is 0 Å². The lowest BCUT2D eigenvalue weighted by Gasteiger charge is -2.06. The van der Waals surface area contributed by atoms with E-state index in [1.165, 1.54) is 22.5 Å². The smallest absolute Gasteiger partial charge is 0.234 e. The maximum Gasteiger partial charge on any atom is 0.234 e.